The van der Waals surface area contributed by atoms with Gasteiger partial charge in [-0.2, -0.15) is 5.10 Å². The molecule has 0 amide bonds. The second kappa shape index (κ2) is 11.3. The minimum Gasteiger partial charge on any atom is -0.382 e. The fraction of sp³-hybridized carbons (Fsp3) is 0.360. The van der Waals surface area contributed by atoms with Crippen LogP contribution in [0, 0.1) is 21.7 Å². The Bertz CT molecular complexity index is 1410. The van der Waals surface area contributed by atoms with Gasteiger partial charge in [0.2, 0.25) is 0 Å². The first-order valence-corrected chi connectivity index (χ1v) is 12.3. The molecule has 1 atom stereocenters. The summed E-state index contributed by atoms with van der Waals surface area (Å²) in [4.78, 5) is 18.5. The third-order valence-corrected chi connectivity index (χ3v) is 6.74. The minimum atomic E-state index is -1.64. The molecule has 3 heterocycles. The lowest BCUT2D eigenvalue weighted by atomic mass is 9.92. The second-order valence-electron chi connectivity index (χ2n) is 9.63. The van der Waals surface area contributed by atoms with Crippen LogP contribution in [-0.4, -0.2) is 82.3 Å². The molecule has 1 saturated heterocycles. The van der Waals surface area contributed by atoms with Gasteiger partial charge in [-0.1, -0.05) is 23.4 Å². The van der Waals surface area contributed by atoms with E-state index in [4.69, 9.17) is 0 Å². The highest BCUT2D eigenvalue weighted by Crippen LogP contribution is 2.28. The number of aliphatic hydroxyl groups is 1. The SMILES string of the molecule is O=[N+]([O-])c1ccc(Cn2cc(CN3CCN(CC(O)(Cn4cncn4)c4ccc(F)cc4F)CC3)nn2)cc1. The van der Waals surface area contributed by atoms with Gasteiger partial charge in [-0.3, -0.25) is 19.9 Å². The van der Waals surface area contributed by atoms with Crippen molar-refractivity contribution in [2.75, 3.05) is 32.7 Å². The molecule has 2 aromatic heterocycles. The first-order chi connectivity index (χ1) is 18.8. The molecular formula is C25H27F2N9O3. The van der Waals surface area contributed by atoms with E-state index in [1.54, 1.807) is 16.8 Å². The van der Waals surface area contributed by atoms with E-state index in [1.165, 1.54) is 35.5 Å². The van der Waals surface area contributed by atoms with E-state index in [9.17, 15) is 24.0 Å². The molecule has 5 rings (SSSR count). The van der Waals surface area contributed by atoms with Crippen molar-refractivity contribution in [1.29, 1.82) is 0 Å². The summed E-state index contributed by atoms with van der Waals surface area (Å²) in [6, 6.07) is 9.50. The average molecular weight is 540 g/mol. The number of hydrogen-bond acceptors (Lipinski definition) is 9. The molecule has 12 nitrogen and oxygen atoms in total. The van der Waals surface area contributed by atoms with Crippen molar-refractivity contribution < 1.29 is 18.8 Å². The quantitative estimate of drug-likeness (QED) is 0.237. The molecule has 4 aromatic rings. The summed E-state index contributed by atoms with van der Waals surface area (Å²) in [6.45, 7) is 3.77. The Hall–Kier alpha value is -4.14. The van der Waals surface area contributed by atoms with Crippen LogP contribution < -0.4 is 0 Å². The molecule has 14 heteroatoms. The van der Waals surface area contributed by atoms with Gasteiger partial charge in [0.05, 0.1) is 29.9 Å². The molecule has 204 valence electrons. The molecule has 1 unspecified atom stereocenters. The van der Waals surface area contributed by atoms with Crippen LogP contribution in [0.25, 0.3) is 0 Å². The third kappa shape index (κ3) is 6.47. The molecule has 0 bridgehead atoms. The van der Waals surface area contributed by atoms with E-state index >= 15 is 0 Å². The number of nitrogens with zero attached hydrogens (tertiary/aromatic N) is 9. The predicted octanol–water partition coefficient (Wildman–Crippen LogP) is 1.81. The standard InChI is InChI=1S/C25H27F2N9O3/c26-20-3-6-23(24(27)11-20)25(37,16-35-18-28-17-29-35)15-33-9-7-32(8-10-33)13-21-14-34(31-30-21)12-19-1-4-22(5-2-19)36(38)39/h1-6,11,14,17-18,37H,7-10,12-13,15-16H2. The van der Waals surface area contributed by atoms with Gasteiger partial charge >= 0.3 is 0 Å². The smallest absolute Gasteiger partial charge is 0.269 e. The molecule has 1 fully saturated rings. The Morgan fingerprint density at radius 1 is 0.974 bits per heavy atom. The Balaban J connectivity index is 1.18. The normalized spacial score (nSPS) is 16.3. The van der Waals surface area contributed by atoms with E-state index in [0.29, 0.717) is 39.3 Å². The molecule has 0 saturated carbocycles. The molecule has 0 spiro atoms. The summed E-state index contributed by atoms with van der Waals surface area (Å²) in [5.74, 6) is -1.52. The summed E-state index contributed by atoms with van der Waals surface area (Å²) in [5.41, 5.74) is 0.0696. The first-order valence-electron chi connectivity index (χ1n) is 12.3. The van der Waals surface area contributed by atoms with E-state index in [-0.39, 0.29) is 24.3 Å². The molecular weight excluding hydrogens is 512 g/mol. The second-order valence-corrected chi connectivity index (χ2v) is 9.63. The van der Waals surface area contributed by atoms with Crippen molar-refractivity contribution >= 4 is 5.69 Å². The lowest BCUT2D eigenvalue weighted by molar-refractivity contribution is -0.384. The number of rotatable bonds is 10. The summed E-state index contributed by atoms with van der Waals surface area (Å²) in [6.07, 6.45) is 4.63. The molecule has 1 aliphatic heterocycles. The van der Waals surface area contributed by atoms with Crippen LogP contribution in [0.5, 0.6) is 0 Å². The van der Waals surface area contributed by atoms with Gasteiger partial charge in [0.1, 0.15) is 29.9 Å². The molecule has 1 aliphatic rings. The van der Waals surface area contributed by atoms with Crippen LogP contribution in [0.1, 0.15) is 16.8 Å². The predicted molar refractivity (Wildman–Crippen MR) is 134 cm³/mol. The molecule has 0 radical (unpaired) electrons. The maximum atomic E-state index is 14.7. The zero-order valence-corrected chi connectivity index (χ0v) is 21.0. The third-order valence-electron chi connectivity index (χ3n) is 6.74. The number of non-ortho nitro benzene ring substituents is 1. The summed E-state index contributed by atoms with van der Waals surface area (Å²) < 4.78 is 31.4. The van der Waals surface area contributed by atoms with Crippen molar-refractivity contribution in [1.82, 2.24) is 39.6 Å². The zero-order chi connectivity index (χ0) is 27.4. The Morgan fingerprint density at radius 3 is 2.38 bits per heavy atom. The number of nitro benzene ring substituents is 1. The van der Waals surface area contributed by atoms with Crippen molar-refractivity contribution in [2.24, 2.45) is 0 Å². The largest absolute Gasteiger partial charge is 0.382 e. The van der Waals surface area contributed by atoms with Crippen molar-refractivity contribution in [3.8, 4) is 0 Å². The number of piperazine rings is 1. The maximum absolute atomic E-state index is 14.7. The Morgan fingerprint density at radius 2 is 1.72 bits per heavy atom. The lowest BCUT2D eigenvalue weighted by Crippen LogP contribution is -2.52. The summed E-state index contributed by atoms with van der Waals surface area (Å²) >= 11 is 0. The van der Waals surface area contributed by atoms with E-state index in [0.717, 1.165) is 23.4 Å². The van der Waals surface area contributed by atoms with Crippen molar-refractivity contribution in [3.63, 3.8) is 0 Å². The van der Waals surface area contributed by atoms with Gasteiger partial charge in [-0.15, -0.1) is 5.10 Å². The van der Waals surface area contributed by atoms with E-state index in [2.05, 4.69) is 25.3 Å². The maximum Gasteiger partial charge on any atom is 0.269 e. The van der Waals surface area contributed by atoms with Crippen LogP contribution in [0.4, 0.5) is 14.5 Å². The van der Waals surface area contributed by atoms with E-state index in [1.807, 2.05) is 11.1 Å². The highest BCUT2D eigenvalue weighted by atomic mass is 19.1. The summed E-state index contributed by atoms with van der Waals surface area (Å²) in [5, 5.41) is 34.9. The number of nitro groups is 1. The Kier molecular flexibility index (Phi) is 7.67. The van der Waals surface area contributed by atoms with Crippen LogP contribution in [-0.2, 0) is 25.2 Å². The number of benzene rings is 2. The molecule has 2 aromatic carbocycles. The number of halogens is 2. The fourth-order valence-electron chi connectivity index (χ4n) is 4.77. The van der Waals surface area contributed by atoms with Crippen LogP contribution >= 0.6 is 0 Å². The lowest BCUT2D eigenvalue weighted by Gasteiger charge is -2.39. The van der Waals surface area contributed by atoms with Crippen LogP contribution in [0.2, 0.25) is 0 Å². The molecule has 39 heavy (non-hydrogen) atoms. The van der Waals surface area contributed by atoms with Gasteiger partial charge in [0.15, 0.2) is 0 Å². The van der Waals surface area contributed by atoms with Gasteiger partial charge in [0.25, 0.3) is 5.69 Å². The number of β-amino-alcohol motifs (C(OH)–C–C–N with tert-alkyl or cyclic N) is 1. The topological polar surface area (TPSA) is 131 Å². The van der Waals surface area contributed by atoms with Crippen LogP contribution in [0.15, 0.2) is 61.3 Å². The number of hydrogen-bond donors (Lipinski definition) is 1. The highest BCUT2D eigenvalue weighted by molar-refractivity contribution is 5.33. The number of aromatic nitrogens is 6. The van der Waals surface area contributed by atoms with Crippen molar-refractivity contribution in [3.05, 3.63) is 99.9 Å². The van der Waals surface area contributed by atoms with Crippen LogP contribution in [0.3, 0.4) is 0 Å². The van der Waals surface area contributed by atoms with Crippen molar-refractivity contribution in [2.45, 2.75) is 25.2 Å². The van der Waals surface area contributed by atoms with Gasteiger partial charge in [-0.25, -0.2) is 23.1 Å². The highest BCUT2D eigenvalue weighted by Gasteiger charge is 2.36. The monoisotopic (exact) mass is 539 g/mol. The molecule has 1 N–H and O–H groups in total. The first kappa shape index (κ1) is 26.5. The van der Waals surface area contributed by atoms with Gasteiger partial charge < -0.3 is 5.11 Å². The Labute approximate surface area is 222 Å². The zero-order valence-electron chi connectivity index (χ0n) is 21.0. The molecule has 0 aliphatic carbocycles. The summed E-state index contributed by atoms with van der Waals surface area (Å²) in [7, 11) is 0. The fourth-order valence-corrected chi connectivity index (χ4v) is 4.77. The van der Waals surface area contributed by atoms with Gasteiger partial charge in [-0.05, 0) is 11.6 Å². The van der Waals surface area contributed by atoms with E-state index < -0.39 is 22.2 Å². The minimum absolute atomic E-state index is 0.00599. The van der Waals surface area contributed by atoms with Gasteiger partial charge in [0, 0.05) is 63.0 Å². The average Bonchev–Trinajstić information content (AvgIpc) is 3.57.